The van der Waals surface area contributed by atoms with E-state index in [-0.39, 0.29) is 0 Å². The molecule has 1 unspecified atom stereocenters. The Bertz CT molecular complexity index is 235. The van der Waals surface area contributed by atoms with Crippen LogP contribution >= 0.6 is 0 Å². The lowest BCUT2D eigenvalue weighted by Gasteiger charge is -2.13. The van der Waals surface area contributed by atoms with Crippen molar-refractivity contribution >= 4 is 0 Å². The predicted molar refractivity (Wildman–Crippen MR) is 54.9 cm³/mol. The van der Waals surface area contributed by atoms with Gasteiger partial charge in [-0.15, -0.1) is 0 Å². The highest BCUT2D eigenvalue weighted by Gasteiger charge is 2.13. The minimum atomic E-state index is 0.757. The normalized spacial score (nSPS) is 23.8. The summed E-state index contributed by atoms with van der Waals surface area (Å²) in [4.78, 5) is 0. The van der Waals surface area contributed by atoms with E-state index >= 15 is 0 Å². The molecule has 1 fully saturated rings. The monoisotopic (exact) mass is 174 g/mol. The maximum absolute atomic E-state index is 4.45. The van der Waals surface area contributed by atoms with Crippen molar-refractivity contribution in [2.24, 2.45) is 0 Å². The van der Waals surface area contributed by atoms with Crippen LogP contribution in [0.1, 0.15) is 30.7 Å². The molecule has 2 rings (SSSR count). The molecule has 0 saturated carbocycles. The van der Waals surface area contributed by atoms with Gasteiger partial charge in [-0.2, -0.15) is 0 Å². The summed E-state index contributed by atoms with van der Waals surface area (Å²) in [6.07, 6.45) is 3.82. The van der Waals surface area contributed by atoms with Crippen LogP contribution < -0.4 is 5.32 Å². The number of hydrogen-bond acceptors (Lipinski definition) is 0. The molecule has 1 aliphatic heterocycles. The standard InChI is InChI=1S/C12H16N/c1-2-5-11(6-3-1)12-7-4-9-13-10-8-12/h1-3,5-6,12H,4,7-10H2. The number of hydrogen-bond donors (Lipinski definition) is 0. The summed E-state index contributed by atoms with van der Waals surface area (Å²) < 4.78 is 0. The SMILES string of the molecule is c1ccc(C2CCC[N]CC2)cc1. The van der Waals surface area contributed by atoms with Gasteiger partial charge < -0.3 is 0 Å². The van der Waals surface area contributed by atoms with E-state index in [1.807, 2.05) is 0 Å². The number of nitrogens with zero attached hydrogens (tertiary/aromatic N) is 1. The van der Waals surface area contributed by atoms with Crippen LogP contribution in [0.4, 0.5) is 0 Å². The smallest absolute Gasteiger partial charge is 0.0139 e. The molecule has 1 heteroatoms. The van der Waals surface area contributed by atoms with Crippen LogP contribution in [0.5, 0.6) is 0 Å². The van der Waals surface area contributed by atoms with Gasteiger partial charge >= 0.3 is 0 Å². The fourth-order valence-corrected chi connectivity index (χ4v) is 2.01. The van der Waals surface area contributed by atoms with Gasteiger partial charge in [-0.3, -0.25) is 0 Å². The summed E-state index contributed by atoms with van der Waals surface area (Å²) in [5.74, 6) is 0.757. The van der Waals surface area contributed by atoms with Crippen molar-refractivity contribution in [2.45, 2.75) is 25.2 Å². The van der Waals surface area contributed by atoms with Crippen LogP contribution in [0.2, 0.25) is 0 Å². The summed E-state index contributed by atoms with van der Waals surface area (Å²) in [5, 5.41) is 4.45. The first kappa shape index (κ1) is 8.76. The van der Waals surface area contributed by atoms with Crippen LogP contribution in [0.15, 0.2) is 30.3 Å². The van der Waals surface area contributed by atoms with Gasteiger partial charge in [-0.25, -0.2) is 5.32 Å². The van der Waals surface area contributed by atoms with Crippen molar-refractivity contribution in [1.29, 1.82) is 0 Å². The van der Waals surface area contributed by atoms with Gasteiger partial charge in [0.25, 0.3) is 0 Å². The first-order chi connectivity index (χ1) is 6.47. The fourth-order valence-electron chi connectivity index (χ4n) is 2.01. The zero-order valence-corrected chi connectivity index (χ0v) is 7.95. The lowest BCUT2D eigenvalue weighted by atomic mass is 9.92. The lowest BCUT2D eigenvalue weighted by Crippen LogP contribution is -2.05. The topological polar surface area (TPSA) is 14.1 Å². The third-order valence-electron chi connectivity index (χ3n) is 2.78. The van der Waals surface area contributed by atoms with Crippen molar-refractivity contribution in [3.05, 3.63) is 35.9 Å². The molecule has 0 aromatic heterocycles. The van der Waals surface area contributed by atoms with Crippen LogP contribution in [0, 0.1) is 0 Å². The molecule has 1 aromatic carbocycles. The van der Waals surface area contributed by atoms with Crippen LogP contribution in [0.25, 0.3) is 0 Å². The van der Waals surface area contributed by atoms with Gasteiger partial charge in [0.1, 0.15) is 0 Å². The third-order valence-corrected chi connectivity index (χ3v) is 2.78. The Kier molecular flexibility index (Phi) is 2.98. The summed E-state index contributed by atoms with van der Waals surface area (Å²) in [7, 11) is 0. The van der Waals surface area contributed by atoms with Crippen molar-refractivity contribution in [3.8, 4) is 0 Å². The summed E-state index contributed by atoms with van der Waals surface area (Å²) >= 11 is 0. The molecule has 0 spiro atoms. The lowest BCUT2D eigenvalue weighted by molar-refractivity contribution is 0.609. The first-order valence-corrected chi connectivity index (χ1v) is 5.15. The maximum atomic E-state index is 4.45. The molecule has 1 heterocycles. The second-order valence-electron chi connectivity index (χ2n) is 3.71. The van der Waals surface area contributed by atoms with E-state index in [1.54, 1.807) is 0 Å². The molecule has 69 valence electrons. The predicted octanol–water partition coefficient (Wildman–Crippen LogP) is 2.56. The van der Waals surface area contributed by atoms with E-state index in [9.17, 15) is 0 Å². The average Bonchev–Trinajstić information content (AvgIpc) is 2.47. The van der Waals surface area contributed by atoms with Crippen molar-refractivity contribution in [1.82, 2.24) is 5.32 Å². The Hall–Kier alpha value is -0.820. The molecule has 0 N–H and O–H groups in total. The Morgan fingerprint density at radius 2 is 1.85 bits per heavy atom. The number of rotatable bonds is 1. The van der Waals surface area contributed by atoms with Gasteiger partial charge in [-0.05, 0) is 30.7 Å². The molecular weight excluding hydrogens is 158 g/mol. The van der Waals surface area contributed by atoms with E-state index in [0.29, 0.717) is 0 Å². The molecule has 0 aliphatic carbocycles. The Balaban J connectivity index is 2.06. The molecule has 1 aromatic rings. The maximum Gasteiger partial charge on any atom is 0.0139 e. The highest BCUT2D eigenvalue weighted by molar-refractivity contribution is 5.19. The second kappa shape index (κ2) is 4.43. The highest BCUT2D eigenvalue weighted by atomic mass is 14.8. The van der Waals surface area contributed by atoms with E-state index < -0.39 is 0 Å². The van der Waals surface area contributed by atoms with Crippen LogP contribution in [-0.2, 0) is 0 Å². The molecule has 1 atom stereocenters. The quantitative estimate of drug-likeness (QED) is 0.621. The summed E-state index contributed by atoms with van der Waals surface area (Å²) in [6.45, 7) is 2.13. The Morgan fingerprint density at radius 1 is 1.00 bits per heavy atom. The van der Waals surface area contributed by atoms with Crippen molar-refractivity contribution in [2.75, 3.05) is 13.1 Å². The van der Waals surface area contributed by atoms with Gasteiger partial charge in [-0.1, -0.05) is 30.3 Å². The first-order valence-electron chi connectivity index (χ1n) is 5.15. The Labute approximate surface area is 80.2 Å². The molecular formula is C12H16N. The summed E-state index contributed by atoms with van der Waals surface area (Å²) in [5.41, 5.74) is 1.50. The largest absolute Gasteiger partial charge is 0.242 e. The van der Waals surface area contributed by atoms with Crippen LogP contribution in [-0.4, -0.2) is 13.1 Å². The van der Waals surface area contributed by atoms with E-state index in [1.165, 1.54) is 24.8 Å². The second-order valence-corrected chi connectivity index (χ2v) is 3.71. The molecule has 1 nitrogen and oxygen atoms in total. The fraction of sp³-hybridized carbons (Fsp3) is 0.500. The molecule has 1 aliphatic rings. The molecule has 1 radical (unpaired) electrons. The van der Waals surface area contributed by atoms with Gasteiger partial charge in [0.2, 0.25) is 0 Å². The Morgan fingerprint density at radius 3 is 2.69 bits per heavy atom. The van der Waals surface area contributed by atoms with Crippen molar-refractivity contribution < 1.29 is 0 Å². The van der Waals surface area contributed by atoms with E-state index in [2.05, 4.69) is 35.6 Å². The molecule has 1 saturated heterocycles. The van der Waals surface area contributed by atoms with Crippen molar-refractivity contribution in [3.63, 3.8) is 0 Å². The minimum absolute atomic E-state index is 0.757. The average molecular weight is 174 g/mol. The molecule has 0 bridgehead atoms. The van der Waals surface area contributed by atoms with Gasteiger partial charge in [0.15, 0.2) is 0 Å². The number of benzene rings is 1. The zero-order valence-electron chi connectivity index (χ0n) is 7.95. The molecule has 0 amide bonds. The zero-order chi connectivity index (χ0) is 8.93. The summed E-state index contributed by atoms with van der Waals surface area (Å²) in [6, 6.07) is 10.9. The van der Waals surface area contributed by atoms with E-state index in [4.69, 9.17) is 0 Å². The van der Waals surface area contributed by atoms with Gasteiger partial charge in [0, 0.05) is 13.1 Å². The van der Waals surface area contributed by atoms with Gasteiger partial charge in [0.05, 0.1) is 0 Å². The highest BCUT2D eigenvalue weighted by Crippen LogP contribution is 2.25. The minimum Gasteiger partial charge on any atom is -0.242 e. The van der Waals surface area contributed by atoms with Crippen LogP contribution in [0.3, 0.4) is 0 Å². The molecule has 13 heavy (non-hydrogen) atoms. The third kappa shape index (κ3) is 2.31. The van der Waals surface area contributed by atoms with E-state index in [0.717, 1.165) is 19.0 Å².